The summed E-state index contributed by atoms with van der Waals surface area (Å²) in [5, 5.41) is 0. The second kappa shape index (κ2) is 3.02. The van der Waals surface area contributed by atoms with Crippen LogP contribution in [0.1, 0.15) is 24.5 Å². The molecule has 0 aliphatic heterocycles. The summed E-state index contributed by atoms with van der Waals surface area (Å²) in [6.45, 7) is 2.93. The highest BCUT2D eigenvalue weighted by molar-refractivity contribution is 5.88. The van der Waals surface area contributed by atoms with Gasteiger partial charge in [-0.3, -0.25) is 0 Å². The largest absolute Gasteiger partial charge is 0.493 e. The van der Waals surface area contributed by atoms with Crippen molar-refractivity contribution in [3.63, 3.8) is 0 Å². The number of hydrogen-bond acceptors (Lipinski definition) is 1. The van der Waals surface area contributed by atoms with Gasteiger partial charge in [0.25, 0.3) is 0 Å². The van der Waals surface area contributed by atoms with Gasteiger partial charge >= 0.3 is 0 Å². The number of fused-ring (bicyclic) bond motifs is 1. The molecule has 1 heteroatoms. The summed E-state index contributed by atoms with van der Waals surface area (Å²) in [6, 6.07) is 6.17. The molecule has 0 unspecified atom stereocenters. The maximum Gasteiger partial charge on any atom is 0.127 e. The lowest BCUT2D eigenvalue weighted by atomic mass is 9.97. The van der Waals surface area contributed by atoms with E-state index in [0.717, 1.165) is 18.8 Å². The maximum atomic E-state index is 5.57. The third kappa shape index (κ3) is 1.11. The van der Waals surface area contributed by atoms with Crippen molar-refractivity contribution in [3.05, 3.63) is 29.3 Å². The average Bonchev–Trinajstić information content (AvgIpc) is 2.04. The monoisotopic (exact) mass is 160 g/mol. The molecule has 0 bridgehead atoms. The van der Waals surface area contributed by atoms with Gasteiger partial charge in [-0.25, -0.2) is 0 Å². The summed E-state index contributed by atoms with van der Waals surface area (Å²) in [5.41, 5.74) is 2.55. The van der Waals surface area contributed by atoms with Crippen LogP contribution in [-0.4, -0.2) is 6.61 Å². The van der Waals surface area contributed by atoms with Crippen LogP contribution in [0.5, 0.6) is 5.75 Å². The first kappa shape index (κ1) is 7.41. The second-order valence-electron chi connectivity index (χ2n) is 2.94. The van der Waals surface area contributed by atoms with Crippen LogP contribution in [-0.2, 0) is 0 Å². The predicted molar refractivity (Wildman–Crippen MR) is 51.2 cm³/mol. The zero-order chi connectivity index (χ0) is 8.39. The van der Waals surface area contributed by atoms with Gasteiger partial charge in [-0.05, 0) is 18.1 Å². The Balaban J connectivity index is 2.18. The minimum absolute atomic E-state index is 0.810. The summed E-state index contributed by atoms with van der Waals surface area (Å²) in [6.07, 6.45) is 5.27. The van der Waals surface area contributed by atoms with Crippen LogP contribution in [0.3, 0.4) is 0 Å². The van der Waals surface area contributed by atoms with Crippen LogP contribution in [0, 0.1) is 0 Å². The maximum absolute atomic E-state index is 5.57. The van der Waals surface area contributed by atoms with Crippen molar-refractivity contribution < 1.29 is 4.74 Å². The van der Waals surface area contributed by atoms with Crippen LogP contribution in [0.4, 0.5) is 0 Å². The lowest BCUT2D eigenvalue weighted by Crippen LogP contribution is -2.00. The molecule has 1 aliphatic carbocycles. The van der Waals surface area contributed by atoms with Gasteiger partial charge in [-0.15, -0.1) is 0 Å². The molecular weight excluding hydrogens is 148 g/mol. The van der Waals surface area contributed by atoms with E-state index in [2.05, 4.69) is 25.1 Å². The molecule has 2 rings (SSSR count). The average molecular weight is 160 g/mol. The first-order chi connectivity index (χ1) is 5.92. The second-order valence-corrected chi connectivity index (χ2v) is 2.94. The molecule has 0 amide bonds. The van der Waals surface area contributed by atoms with Crippen molar-refractivity contribution in [2.24, 2.45) is 0 Å². The van der Waals surface area contributed by atoms with E-state index >= 15 is 0 Å². The molecule has 1 nitrogen and oxygen atoms in total. The van der Waals surface area contributed by atoms with Gasteiger partial charge in [0.1, 0.15) is 5.75 Å². The fourth-order valence-corrected chi connectivity index (χ4v) is 1.30. The molecule has 12 heavy (non-hydrogen) atoms. The third-order valence-electron chi connectivity index (χ3n) is 1.99. The van der Waals surface area contributed by atoms with Gasteiger partial charge in [-0.2, -0.15) is 0 Å². The Kier molecular flexibility index (Phi) is 1.86. The standard InChI is InChI=1S/C11H12O/c1-2-8-12-11-5-3-4-9-6-7-10(9)11/h3-7H,2,8H2,1H3. The SMILES string of the molecule is CCCOc1cccc2c1C=C2. The Morgan fingerprint density at radius 2 is 2.17 bits per heavy atom. The summed E-state index contributed by atoms with van der Waals surface area (Å²) >= 11 is 0. The zero-order valence-corrected chi connectivity index (χ0v) is 7.21. The predicted octanol–water partition coefficient (Wildman–Crippen LogP) is 2.96. The van der Waals surface area contributed by atoms with Gasteiger partial charge in [0.2, 0.25) is 0 Å². The molecular formula is C11H12O. The highest BCUT2D eigenvalue weighted by atomic mass is 16.5. The van der Waals surface area contributed by atoms with E-state index in [-0.39, 0.29) is 0 Å². The topological polar surface area (TPSA) is 9.23 Å². The number of benzene rings is 1. The van der Waals surface area contributed by atoms with E-state index in [1.54, 1.807) is 0 Å². The lowest BCUT2D eigenvalue weighted by Gasteiger charge is -2.15. The Morgan fingerprint density at radius 1 is 1.25 bits per heavy atom. The Hall–Kier alpha value is -1.24. The van der Waals surface area contributed by atoms with Gasteiger partial charge in [-0.1, -0.05) is 31.2 Å². The number of rotatable bonds is 3. The minimum Gasteiger partial charge on any atom is -0.493 e. The quantitative estimate of drug-likeness (QED) is 0.670. The minimum atomic E-state index is 0.810. The molecule has 62 valence electrons. The fourth-order valence-electron chi connectivity index (χ4n) is 1.30. The van der Waals surface area contributed by atoms with Gasteiger partial charge in [0.05, 0.1) is 6.61 Å². The van der Waals surface area contributed by atoms with Crippen LogP contribution in [0.15, 0.2) is 18.2 Å². The zero-order valence-electron chi connectivity index (χ0n) is 7.21. The molecule has 1 aliphatic rings. The van der Waals surface area contributed by atoms with E-state index in [1.807, 2.05) is 12.1 Å². The van der Waals surface area contributed by atoms with Gasteiger partial charge < -0.3 is 4.74 Å². The van der Waals surface area contributed by atoms with Crippen molar-refractivity contribution in [3.8, 4) is 5.75 Å². The highest BCUT2D eigenvalue weighted by Crippen LogP contribution is 2.32. The van der Waals surface area contributed by atoms with Gasteiger partial charge in [0, 0.05) is 5.56 Å². The molecule has 0 aromatic heterocycles. The Labute approximate surface area is 72.7 Å². The summed E-state index contributed by atoms with van der Waals surface area (Å²) in [7, 11) is 0. The molecule has 1 aromatic carbocycles. The lowest BCUT2D eigenvalue weighted by molar-refractivity contribution is 0.316. The van der Waals surface area contributed by atoms with Gasteiger partial charge in [0.15, 0.2) is 0 Å². The molecule has 1 aromatic rings. The first-order valence-electron chi connectivity index (χ1n) is 4.35. The van der Waals surface area contributed by atoms with E-state index in [1.165, 1.54) is 11.1 Å². The van der Waals surface area contributed by atoms with Crippen molar-refractivity contribution in [2.75, 3.05) is 6.61 Å². The fraction of sp³-hybridized carbons (Fsp3) is 0.273. The van der Waals surface area contributed by atoms with Crippen LogP contribution in [0.25, 0.3) is 12.2 Å². The molecule has 0 saturated heterocycles. The first-order valence-corrected chi connectivity index (χ1v) is 4.35. The summed E-state index contributed by atoms with van der Waals surface area (Å²) in [4.78, 5) is 0. The Bertz CT molecular complexity index is 313. The molecule has 0 spiro atoms. The third-order valence-corrected chi connectivity index (χ3v) is 1.99. The van der Waals surface area contributed by atoms with Crippen LogP contribution in [0.2, 0.25) is 0 Å². The summed E-state index contributed by atoms with van der Waals surface area (Å²) in [5.74, 6) is 1.02. The van der Waals surface area contributed by atoms with E-state index in [4.69, 9.17) is 4.74 Å². The molecule has 0 heterocycles. The van der Waals surface area contributed by atoms with E-state index in [0.29, 0.717) is 0 Å². The number of hydrogen-bond donors (Lipinski definition) is 0. The van der Waals surface area contributed by atoms with Crippen molar-refractivity contribution in [2.45, 2.75) is 13.3 Å². The molecule has 0 saturated carbocycles. The van der Waals surface area contributed by atoms with E-state index < -0.39 is 0 Å². The van der Waals surface area contributed by atoms with Crippen molar-refractivity contribution in [1.82, 2.24) is 0 Å². The smallest absolute Gasteiger partial charge is 0.127 e. The normalized spacial score (nSPS) is 12.1. The highest BCUT2D eigenvalue weighted by Gasteiger charge is 2.10. The molecule has 0 atom stereocenters. The summed E-state index contributed by atoms with van der Waals surface area (Å²) < 4.78 is 5.57. The Morgan fingerprint density at radius 3 is 2.83 bits per heavy atom. The van der Waals surface area contributed by atoms with E-state index in [9.17, 15) is 0 Å². The molecule has 0 radical (unpaired) electrons. The number of ether oxygens (including phenoxy) is 1. The van der Waals surface area contributed by atoms with Crippen molar-refractivity contribution in [1.29, 1.82) is 0 Å². The van der Waals surface area contributed by atoms with Crippen molar-refractivity contribution >= 4 is 12.2 Å². The van der Waals surface area contributed by atoms with Crippen LogP contribution >= 0.6 is 0 Å². The molecule has 0 N–H and O–H groups in total. The van der Waals surface area contributed by atoms with Crippen LogP contribution < -0.4 is 4.74 Å². The molecule has 0 fully saturated rings.